The monoisotopic (exact) mass is 321 g/mol. The van der Waals surface area contributed by atoms with Gasteiger partial charge in [0.15, 0.2) is 0 Å². The van der Waals surface area contributed by atoms with E-state index in [-0.39, 0.29) is 4.88 Å². The van der Waals surface area contributed by atoms with Crippen LogP contribution in [0.5, 0.6) is 0 Å². The van der Waals surface area contributed by atoms with Crippen molar-refractivity contribution in [3.63, 3.8) is 0 Å². The number of thiophene rings is 1. The van der Waals surface area contributed by atoms with E-state index >= 15 is 0 Å². The van der Waals surface area contributed by atoms with E-state index in [1.807, 2.05) is 0 Å². The van der Waals surface area contributed by atoms with E-state index in [4.69, 9.17) is 5.11 Å². The second-order valence-corrected chi connectivity index (χ2v) is 5.44. The number of carbonyl (C=O) groups is 1. The Morgan fingerprint density at radius 2 is 2.00 bits per heavy atom. The molecular formula is C13H11F4NO2S. The maximum absolute atomic E-state index is 13.1. The summed E-state index contributed by atoms with van der Waals surface area (Å²) in [6.45, 7) is -2.42. The molecule has 0 atom stereocenters. The van der Waals surface area contributed by atoms with E-state index in [1.165, 1.54) is 24.3 Å². The van der Waals surface area contributed by atoms with Gasteiger partial charge in [0.2, 0.25) is 0 Å². The molecule has 0 aliphatic rings. The molecule has 21 heavy (non-hydrogen) atoms. The first-order valence-corrected chi connectivity index (χ1v) is 6.78. The van der Waals surface area contributed by atoms with E-state index in [1.54, 1.807) is 0 Å². The minimum absolute atomic E-state index is 0.0771. The maximum Gasteiger partial charge on any atom is 0.406 e. The second-order valence-electron chi connectivity index (χ2n) is 4.36. The fourth-order valence-corrected chi connectivity index (χ4v) is 2.91. The van der Waals surface area contributed by atoms with Crippen LogP contribution in [0.15, 0.2) is 24.3 Å². The standard InChI is InChI=1S/C13H11F4NO2S/c14-9-2-1-8-5-11(21-10(8)6-9)12(20)18(3-4-19)7-13(15,16)17/h1-2,5-6,19H,3-4,7H2. The molecule has 2 aromatic rings. The summed E-state index contributed by atoms with van der Waals surface area (Å²) in [6.07, 6.45) is -4.55. The predicted molar refractivity (Wildman–Crippen MR) is 70.8 cm³/mol. The van der Waals surface area contributed by atoms with Gasteiger partial charge in [0, 0.05) is 11.2 Å². The zero-order valence-corrected chi connectivity index (χ0v) is 11.5. The van der Waals surface area contributed by atoms with Crippen molar-refractivity contribution < 1.29 is 27.5 Å². The highest BCUT2D eigenvalue weighted by Crippen LogP contribution is 2.28. The van der Waals surface area contributed by atoms with Gasteiger partial charge in [0.05, 0.1) is 11.5 Å². The molecule has 1 heterocycles. The summed E-state index contributed by atoms with van der Waals surface area (Å²) in [7, 11) is 0. The predicted octanol–water partition coefficient (Wildman–Crippen LogP) is 3.04. The molecule has 0 unspecified atom stereocenters. The number of aliphatic hydroxyl groups is 1. The Morgan fingerprint density at radius 3 is 2.62 bits per heavy atom. The van der Waals surface area contributed by atoms with Crippen molar-refractivity contribution in [1.29, 1.82) is 0 Å². The van der Waals surface area contributed by atoms with E-state index in [9.17, 15) is 22.4 Å². The van der Waals surface area contributed by atoms with Crippen molar-refractivity contribution in [2.24, 2.45) is 0 Å². The first kappa shape index (κ1) is 15.7. The van der Waals surface area contributed by atoms with Crippen LogP contribution in [0.1, 0.15) is 9.67 Å². The van der Waals surface area contributed by atoms with Gasteiger partial charge in [-0.2, -0.15) is 13.2 Å². The lowest BCUT2D eigenvalue weighted by molar-refractivity contribution is -0.141. The molecule has 1 N–H and O–H groups in total. The maximum atomic E-state index is 13.1. The fraction of sp³-hybridized carbons (Fsp3) is 0.308. The summed E-state index contributed by atoms with van der Waals surface area (Å²) in [5.41, 5.74) is 0. The lowest BCUT2D eigenvalue weighted by atomic mass is 10.2. The molecule has 0 fully saturated rings. The van der Waals surface area contributed by atoms with Gasteiger partial charge in [-0.25, -0.2) is 4.39 Å². The lowest BCUT2D eigenvalue weighted by Crippen LogP contribution is -2.40. The molecule has 0 radical (unpaired) electrons. The van der Waals surface area contributed by atoms with Crippen LogP contribution in [0.3, 0.4) is 0 Å². The molecular weight excluding hydrogens is 310 g/mol. The summed E-state index contributed by atoms with van der Waals surface area (Å²) < 4.78 is 50.9. The number of alkyl halides is 3. The van der Waals surface area contributed by atoms with Crippen molar-refractivity contribution in [3.8, 4) is 0 Å². The molecule has 1 aromatic carbocycles. The van der Waals surface area contributed by atoms with Gasteiger partial charge in [-0.1, -0.05) is 6.07 Å². The molecule has 114 valence electrons. The van der Waals surface area contributed by atoms with Crippen molar-refractivity contribution >= 4 is 27.3 Å². The number of nitrogens with zero attached hydrogens (tertiary/aromatic N) is 1. The number of aliphatic hydroxyl groups excluding tert-OH is 1. The molecule has 0 spiro atoms. The minimum Gasteiger partial charge on any atom is -0.395 e. The Labute approximate surface area is 121 Å². The van der Waals surface area contributed by atoms with Crippen molar-refractivity contribution in [2.75, 3.05) is 19.7 Å². The molecule has 2 rings (SSSR count). The number of fused-ring (bicyclic) bond motifs is 1. The summed E-state index contributed by atoms with van der Waals surface area (Å²) in [4.78, 5) is 12.7. The second kappa shape index (κ2) is 5.98. The zero-order valence-electron chi connectivity index (χ0n) is 10.7. The number of amides is 1. The largest absolute Gasteiger partial charge is 0.406 e. The van der Waals surface area contributed by atoms with Crippen molar-refractivity contribution in [2.45, 2.75) is 6.18 Å². The van der Waals surface area contributed by atoms with Crippen LogP contribution in [-0.4, -0.2) is 41.8 Å². The van der Waals surface area contributed by atoms with Crippen LogP contribution >= 0.6 is 11.3 Å². The SMILES string of the molecule is O=C(c1cc2ccc(F)cc2s1)N(CCO)CC(F)(F)F. The van der Waals surface area contributed by atoms with Gasteiger partial charge in [-0.3, -0.25) is 4.79 Å². The first-order chi connectivity index (χ1) is 9.80. The van der Waals surface area contributed by atoms with E-state index in [0.717, 1.165) is 11.3 Å². The first-order valence-electron chi connectivity index (χ1n) is 5.96. The number of carbonyl (C=O) groups excluding carboxylic acids is 1. The Bertz CT molecular complexity index is 653. The molecule has 1 amide bonds. The Morgan fingerprint density at radius 1 is 1.29 bits per heavy atom. The fourth-order valence-electron chi connectivity index (χ4n) is 1.86. The normalized spacial score (nSPS) is 11.9. The van der Waals surface area contributed by atoms with Crippen LogP contribution in [0.2, 0.25) is 0 Å². The van der Waals surface area contributed by atoms with Gasteiger partial charge >= 0.3 is 6.18 Å². The summed E-state index contributed by atoms with van der Waals surface area (Å²) in [5.74, 6) is -1.31. The van der Waals surface area contributed by atoms with Crippen LogP contribution in [0, 0.1) is 5.82 Å². The van der Waals surface area contributed by atoms with Crippen LogP contribution in [-0.2, 0) is 0 Å². The average molecular weight is 321 g/mol. The highest BCUT2D eigenvalue weighted by atomic mass is 32.1. The topological polar surface area (TPSA) is 40.5 Å². The van der Waals surface area contributed by atoms with Crippen molar-refractivity contribution in [3.05, 3.63) is 35.0 Å². The third-order valence-electron chi connectivity index (χ3n) is 2.72. The number of hydrogen-bond acceptors (Lipinski definition) is 3. The summed E-state index contributed by atoms with van der Waals surface area (Å²) in [6, 6.07) is 5.31. The Hall–Kier alpha value is -1.67. The third-order valence-corrected chi connectivity index (χ3v) is 3.81. The lowest BCUT2D eigenvalue weighted by Gasteiger charge is -2.22. The number of benzene rings is 1. The van der Waals surface area contributed by atoms with Gasteiger partial charge in [0.25, 0.3) is 5.91 Å². The average Bonchev–Trinajstić information content (AvgIpc) is 2.78. The Balaban J connectivity index is 2.29. The number of rotatable bonds is 4. The summed E-state index contributed by atoms with van der Waals surface area (Å²) in [5, 5.41) is 9.38. The van der Waals surface area contributed by atoms with E-state index in [0.29, 0.717) is 15.0 Å². The quantitative estimate of drug-likeness (QED) is 0.880. The molecule has 3 nitrogen and oxygen atoms in total. The zero-order chi connectivity index (χ0) is 15.6. The highest BCUT2D eigenvalue weighted by molar-refractivity contribution is 7.20. The summed E-state index contributed by atoms with van der Waals surface area (Å²) >= 11 is 0.920. The van der Waals surface area contributed by atoms with E-state index in [2.05, 4.69) is 0 Å². The Kier molecular flexibility index (Phi) is 4.48. The smallest absolute Gasteiger partial charge is 0.395 e. The molecule has 0 bridgehead atoms. The molecule has 0 saturated heterocycles. The minimum atomic E-state index is -4.55. The van der Waals surface area contributed by atoms with Gasteiger partial charge < -0.3 is 10.0 Å². The van der Waals surface area contributed by atoms with Crippen molar-refractivity contribution in [1.82, 2.24) is 4.90 Å². The highest BCUT2D eigenvalue weighted by Gasteiger charge is 2.33. The van der Waals surface area contributed by atoms with Crippen LogP contribution in [0.4, 0.5) is 17.6 Å². The molecule has 8 heteroatoms. The van der Waals surface area contributed by atoms with Crippen LogP contribution < -0.4 is 0 Å². The van der Waals surface area contributed by atoms with Gasteiger partial charge in [-0.15, -0.1) is 11.3 Å². The molecule has 0 aliphatic carbocycles. The number of halogens is 4. The van der Waals surface area contributed by atoms with Gasteiger partial charge in [-0.05, 0) is 23.6 Å². The molecule has 1 aromatic heterocycles. The molecule has 0 aliphatic heterocycles. The van der Waals surface area contributed by atoms with Crippen LogP contribution in [0.25, 0.3) is 10.1 Å². The van der Waals surface area contributed by atoms with E-state index < -0.39 is 37.6 Å². The third kappa shape index (κ3) is 3.92. The molecule has 0 saturated carbocycles. The number of hydrogen-bond donors (Lipinski definition) is 1. The van der Waals surface area contributed by atoms with Gasteiger partial charge in [0.1, 0.15) is 12.4 Å².